The Kier molecular flexibility index (Phi) is 1.97. The van der Waals surface area contributed by atoms with Crippen LogP contribution in [-0.2, 0) is 6.54 Å². The molecule has 0 aliphatic rings. The maximum absolute atomic E-state index is 12.4. The Labute approximate surface area is 58.9 Å². The second kappa shape index (κ2) is 2.75. The molecule has 0 aliphatic carbocycles. The lowest BCUT2D eigenvalue weighted by atomic mass is 10.2. The molecule has 0 atom stereocenters. The average molecular weight is 140 g/mol. The molecule has 1 heterocycles. The van der Waals surface area contributed by atoms with E-state index in [4.69, 9.17) is 5.73 Å². The number of rotatable bonds is 1. The molecule has 0 radical (unpaired) electrons. The Morgan fingerprint density at radius 2 is 2.40 bits per heavy atom. The number of aryl methyl sites for hydroxylation is 1. The Balaban J connectivity index is 3.07. The zero-order valence-corrected chi connectivity index (χ0v) is 5.76. The molecule has 0 spiro atoms. The largest absolute Gasteiger partial charge is 0.325 e. The summed E-state index contributed by atoms with van der Waals surface area (Å²) in [6.07, 6.45) is 1.18. The molecule has 1 aromatic heterocycles. The van der Waals surface area contributed by atoms with Gasteiger partial charge in [-0.05, 0) is 18.6 Å². The second-order valence-electron chi connectivity index (χ2n) is 2.12. The van der Waals surface area contributed by atoms with E-state index >= 15 is 0 Å². The van der Waals surface area contributed by atoms with Crippen LogP contribution in [0.3, 0.4) is 0 Å². The average Bonchev–Trinajstić information content (AvgIpc) is 1.88. The van der Waals surface area contributed by atoms with Crippen molar-refractivity contribution in [2.75, 3.05) is 0 Å². The lowest BCUT2D eigenvalue weighted by molar-refractivity contribution is 0.617. The fraction of sp³-hybridized carbons (Fsp3) is 0.286. The molecule has 0 unspecified atom stereocenters. The van der Waals surface area contributed by atoms with Gasteiger partial charge in [-0.15, -0.1) is 0 Å². The molecule has 0 fully saturated rings. The summed E-state index contributed by atoms with van der Waals surface area (Å²) < 4.78 is 12.4. The SMILES string of the molecule is Cc1cc(F)cnc1CN. The predicted octanol–water partition coefficient (Wildman–Crippen LogP) is 0.988. The van der Waals surface area contributed by atoms with Crippen LogP contribution in [0.2, 0.25) is 0 Å². The van der Waals surface area contributed by atoms with Crippen molar-refractivity contribution in [2.45, 2.75) is 13.5 Å². The zero-order chi connectivity index (χ0) is 7.56. The maximum Gasteiger partial charge on any atom is 0.141 e. The highest BCUT2D eigenvalue weighted by atomic mass is 19.1. The van der Waals surface area contributed by atoms with E-state index in [1.54, 1.807) is 6.92 Å². The number of halogens is 1. The van der Waals surface area contributed by atoms with Crippen molar-refractivity contribution in [2.24, 2.45) is 5.73 Å². The number of hydrogen-bond acceptors (Lipinski definition) is 2. The number of aromatic nitrogens is 1. The van der Waals surface area contributed by atoms with Crippen molar-refractivity contribution in [1.82, 2.24) is 4.98 Å². The van der Waals surface area contributed by atoms with Gasteiger partial charge in [0.2, 0.25) is 0 Å². The van der Waals surface area contributed by atoms with Gasteiger partial charge < -0.3 is 5.73 Å². The summed E-state index contributed by atoms with van der Waals surface area (Å²) in [4.78, 5) is 3.80. The van der Waals surface area contributed by atoms with E-state index in [-0.39, 0.29) is 5.82 Å². The van der Waals surface area contributed by atoms with E-state index in [0.29, 0.717) is 6.54 Å². The van der Waals surface area contributed by atoms with E-state index in [9.17, 15) is 4.39 Å². The molecule has 2 N–H and O–H groups in total. The minimum absolute atomic E-state index is 0.310. The fourth-order valence-corrected chi connectivity index (χ4v) is 0.782. The standard InChI is InChI=1S/C7H9FN2/c1-5-2-6(8)4-10-7(5)3-9/h2,4H,3,9H2,1H3. The van der Waals surface area contributed by atoms with Crippen LogP contribution in [0.5, 0.6) is 0 Å². The number of nitrogens with zero attached hydrogens (tertiary/aromatic N) is 1. The van der Waals surface area contributed by atoms with Crippen molar-refractivity contribution < 1.29 is 4.39 Å². The first kappa shape index (κ1) is 7.15. The third-order valence-electron chi connectivity index (χ3n) is 1.35. The first-order chi connectivity index (χ1) is 4.74. The van der Waals surface area contributed by atoms with Crippen molar-refractivity contribution in [3.63, 3.8) is 0 Å². The molecule has 2 nitrogen and oxygen atoms in total. The first-order valence-electron chi connectivity index (χ1n) is 3.05. The van der Waals surface area contributed by atoms with Gasteiger partial charge in [0.25, 0.3) is 0 Å². The van der Waals surface area contributed by atoms with E-state index in [1.165, 1.54) is 12.3 Å². The lowest BCUT2D eigenvalue weighted by Gasteiger charge is -1.99. The quantitative estimate of drug-likeness (QED) is 0.631. The van der Waals surface area contributed by atoms with Gasteiger partial charge in [0, 0.05) is 6.54 Å². The number of nitrogens with two attached hydrogens (primary N) is 1. The van der Waals surface area contributed by atoms with Crippen LogP contribution in [-0.4, -0.2) is 4.98 Å². The number of pyridine rings is 1. The van der Waals surface area contributed by atoms with Crippen molar-refractivity contribution in [1.29, 1.82) is 0 Å². The predicted molar refractivity (Wildman–Crippen MR) is 36.8 cm³/mol. The van der Waals surface area contributed by atoms with E-state index < -0.39 is 0 Å². The highest BCUT2D eigenvalue weighted by Crippen LogP contribution is 2.04. The van der Waals surface area contributed by atoms with Gasteiger partial charge in [-0.2, -0.15) is 0 Å². The van der Waals surface area contributed by atoms with E-state index in [1.807, 2.05) is 0 Å². The summed E-state index contributed by atoms with van der Waals surface area (Å²) in [5.74, 6) is -0.310. The van der Waals surface area contributed by atoms with Gasteiger partial charge >= 0.3 is 0 Å². The van der Waals surface area contributed by atoms with E-state index in [2.05, 4.69) is 4.98 Å². The molecule has 54 valence electrons. The van der Waals surface area contributed by atoms with Crippen LogP contribution in [0, 0.1) is 12.7 Å². The van der Waals surface area contributed by atoms with Gasteiger partial charge in [-0.1, -0.05) is 0 Å². The van der Waals surface area contributed by atoms with Crippen LogP contribution in [0.25, 0.3) is 0 Å². The normalized spacial score (nSPS) is 9.90. The fourth-order valence-electron chi connectivity index (χ4n) is 0.782. The highest BCUT2D eigenvalue weighted by Gasteiger charge is 1.97. The summed E-state index contributed by atoms with van der Waals surface area (Å²) in [5.41, 5.74) is 6.87. The molecule has 0 saturated carbocycles. The second-order valence-corrected chi connectivity index (χ2v) is 2.12. The van der Waals surface area contributed by atoms with Crippen LogP contribution in [0.1, 0.15) is 11.3 Å². The molecule has 0 bridgehead atoms. The third-order valence-corrected chi connectivity index (χ3v) is 1.35. The van der Waals surface area contributed by atoms with Crippen LogP contribution in [0.15, 0.2) is 12.3 Å². The first-order valence-corrected chi connectivity index (χ1v) is 3.05. The summed E-state index contributed by atoms with van der Waals surface area (Å²) >= 11 is 0. The van der Waals surface area contributed by atoms with Crippen LogP contribution >= 0.6 is 0 Å². The summed E-state index contributed by atoms with van der Waals surface area (Å²) in [6, 6.07) is 1.43. The van der Waals surface area contributed by atoms with Gasteiger partial charge in [0.05, 0.1) is 11.9 Å². The topological polar surface area (TPSA) is 38.9 Å². The van der Waals surface area contributed by atoms with Crippen molar-refractivity contribution in [3.8, 4) is 0 Å². The van der Waals surface area contributed by atoms with Crippen molar-refractivity contribution in [3.05, 3.63) is 29.3 Å². The Morgan fingerprint density at radius 1 is 1.70 bits per heavy atom. The molecular formula is C7H9FN2. The molecule has 0 amide bonds. The minimum atomic E-state index is -0.310. The molecule has 1 aromatic rings. The van der Waals surface area contributed by atoms with E-state index in [0.717, 1.165) is 11.3 Å². The molecule has 1 rings (SSSR count). The Hall–Kier alpha value is -0.960. The maximum atomic E-state index is 12.4. The molecular weight excluding hydrogens is 131 g/mol. The van der Waals surface area contributed by atoms with Gasteiger partial charge in [-0.25, -0.2) is 4.39 Å². The molecule has 10 heavy (non-hydrogen) atoms. The Morgan fingerprint density at radius 3 is 2.90 bits per heavy atom. The van der Waals surface area contributed by atoms with Crippen LogP contribution in [0.4, 0.5) is 4.39 Å². The zero-order valence-electron chi connectivity index (χ0n) is 5.76. The van der Waals surface area contributed by atoms with Gasteiger partial charge in [0.15, 0.2) is 0 Å². The molecule has 0 aliphatic heterocycles. The van der Waals surface area contributed by atoms with Gasteiger partial charge in [0.1, 0.15) is 5.82 Å². The minimum Gasteiger partial charge on any atom is -0.325 e. The van der Waals surface area contributed by atoms with Crippen LogP contribution < -0.4 is 5.73 Å². The molecule has 3 heteroatoms. The van der Waals surface area contributed by atoms with Gasteiger partial charge in [-0.3, -0.25) is 4.98 Å². The summed E-state index contributed by atoms with van der Waals surface area (Å²) in [7, 11) is 0. The molecule has 0 saturated heterocycles. The smallest absolute Gasteiger partial charge is 0.141 e. The summed E-state index contributed by atoms with van der Waals surface area (Å²) in [6.45, 7) is 2.16. The number of hydrogen-bond donors (Lipinski definition) is 1. The lowest BCUT2D eigenvalue weighted by Crippen LogP contribution is -2.02. The highest BCUT2D eigenvalue weighted by molar-refractivity contribution is 5.18. The monoisotopic (exact) mass is 140 g/mol. The third kappa shape index (κ3) is 1.30. The Bertz CT molecular complexity index is 235. The summed E-state index contributed by atoms with van der Waals surface area (Å²) in [5, 5.41) is 0. The van der Waals surface area contributed by atoms with Crippen molar-refractivity contribution >= 4 is 0 Å². The molecule has 0 aromatic carbocycles.